The third-order valence-electron chi connectivity index (χ3n) is 5.07. The summed E-state index contributed by atoms with van der Waals surface area (Å²) in [5.41, 5.74) is 4.57. The molecule has 30 heavy (non-hydrogen) atoms. The number of halogens is 2. The van der Waals surface area contributed by atoms with Gasteiger partial charge in [0.15, 0.2) is 0 Å². The van der Waals surface area contributed by atoms with Crippen molar-refractivity contribution in [1.82, 2.24) is 4.98 Å². The molecule has 1 aliphatic rings. The fourth-order valence-electron chi connectivity index (χ4n) is 3.68. The summed E-state index contributed by atoms with van der Waals surface area (Å²) < 4.78 is 7.10. The van der Waals surface area contributed by atoms with E-state index >= 15 is 0 Å². The van der Waals surface area contributed by atoms with E-state index in [-0.39, 0.29) is 10.7 Å². The van der Waals surface area contributed by atoms with Crippen molar-refractivity contribution < 1.29 is 14.6 Å². The summed E-state index contributed by atoms with van der Waals surface area (Å²) in [6, 6.07) is 19.3. The number of allylic oxidation sites excluding steroid dienone is 2. The Bertz CT molecular complexity index is 1130. The molecular weight excluding hydrogens is 466 g/mol. The molecule has 0 unspecified atom stereocenters. The first-order valence-electron chi connectivity index (χ1n) is 9.60. The van der Waals surface area contributed by atoms with E-state index in [1.807, 2.05) is 48.5 Å². The van der Waals surface area contributed by atoms with Gasteiger partial charge in [0.05, 0.1) is 16.7 Å². The zero-order valence-corrected chi connectivity index (χ0v) is 18.4. The SMILES string of the molecule is O=C([O-])c1nc(C2=C(c3cc(Br)ccc3OCc3ccccc3)CCC2)ccc1Cl. The molecule has 0 bridgehead atoms. The number of hydrogen-bond donors (Lipinski definition) is 0. The Kier molecular flexibility index (Phi) is 6.21. The summed E-state index contributed by atoms with van der Waals surface area (Å²) in [6.45, 7) is 0.464. The first kappa shape index (κ1) is 20.6. The van der Waals surface area contributed by atoms with Crippen LogP contribution in [0.2, 0.25) is 5.02 Å². The van der Waals surface area contributed by atoms with E-state index in [2.05, 4.69) is 20.9 Å². The number of carbonyl (C=O) groups excluding carboxylic acids is 1. The van der Waals surface area contributed by atoms with Gasteiger partial charge >= 0.3 is 0 Å². The highest BCUT2D eigenvalue weighted by molar-refractivity contribution is 9.10. The molecule has 4 rings (SSSR count). The van der Waals surface area contributed by atoms with Crippen molar-refractivity contribution in [2.75, 3.05) is 0 Å². The Morgan fingerprint density at radius 3 is 2.60 bits per heavy atom. The standard InChI is InChI=1S/C24H19BrClNO3/c25-16-9-12-22(30-14-15-5-2-1-3-6-15)19(13-16)17-7-4-8-18(17)21-11-10-20(26)23(27-21)24(28)29/h1-3,5-6,9-13H,4,7-8,14H2,(H,28,29)/p-1. The fourth-order valence-corrected chi connectivity index (χ4v) is 4.22. The predicted molar refractivity (Wildman–Crippen MR) is 119 cm³/mol. The third-order valence-corrected chi connectivity index (χ3v) is 5.87. The molecule has 1 heterocycles. The van der Waals surface area contributed by atoms with Crippen molar-refractivity contribution in [2.24, 2.45) is 0 Å². The highest BCUT2D eigenvalue weighted by Gasteiger charge is 2.22. The minimum Gasteiger partial charge on any atom is -0.543 e. The van der Waals surface area contributed by atoms with Crippen LogP contribution in [0.25, 0.3) is 11.1 Å². The Morgan fingerprint density at radius 2 is 1.83 bits per heavy atom. The number of carbonyl (C=O) groups is 1. The van der Waals surface area contributed by atoms with Crippen LogP contribution in [0.5, 0.6) is 5.75 Å². The van der Waals surface area contributed by atoms with Crippen LogP contribution in [-0.2, 0) is 6.61 Å². The molecule has 0 N–H and O–H groups in total. The van der Waals surface area contributed by atoms with E-state index in [0.717, 1.165) is 51.8 Å². The van der Waals surface area contributed by atoms with Crippen LogP contribution < -0.4 is 9.84 Å². The molecule has 0 spiro atoms. The van der Waals surface area contributed by atoms with Crippen LogP contribution >= 0.6 is 27.5 Å². The number of carboxylic acids is 1. The van der Waals surface area contributed by atoms with Gasteiger partial charge in [-0.2, -0.15) is 0 Å². The smallest absolute Gasteiger partial charge is 0.127 e. The lowest BCUT2D eigenvalue weighted by molar-refractivity contribution is -0.255. The molecule has 2 aromatic carbocycles. The highest BCUT2D eigenvalue weighted by atomic mass is 79.9. The number of benzene rings is 2. The van der Waals surface area contributed by atoms with Crippen molar-refractivity contribution in [1.29, 1.82) is 0 Å². The zero-order valence-electron chi connectivity index (χ0n) is 16.0. The Morgan fingerprint density at radius 1 is 1.07 bits per heavy atom. The van der Waals surface area contributed by atoms with Crippen molar-refractivity contribution in [2.45, 2.75) is 25.9 Å². The number of nitrogens with zero attached hydrogens (tertiary/aromatic N) is 1. The molecule has 152 valence electrons. The van der Waals surface area contributed by atoms with E-state index in [0.29, 0.717) is 12.3 Å². The second-order valence-electron chi connectivity index (χ2n) is 7.04. The van der Waals surface area contributed by atoms with Crippen molar-refractivity contribution in [3.05, 3.63) is 92.7 Å². The topological polar surface area (TPSA) is 62.2 Å². The van der Waals surface area contributed by atoms with E-state index in [1.54, 1.807) is 12.1 Å². The first-order chi connectivity index (χ1) is 14.5. The summed E-state index contributed by atoms with van der Waals surface area (Å²) in [7, 11) is 0. The van der Waals surface area contributed by atoms with Crippen LogP contribution in [0.3, 0.4) is 0 Å². The van der Waals surface area contributed by atoms with Crippen molar-refractivity contribution >= 4 is 44.6 Å². The molecule has 0 aliphatic heterocycles. The number of ether oxygens (including phenoxy) is 1. The van der Waals surface area contributed by atoms with Gasteiger partial charge in [0.25, 0.3) is 0 Å². The Hall–Kier alpha value is -2.63. The molecule has 0 fully saturated rings. The summed E-state index contributed by atoms with van der Waals surface area (Å²) >= 11 is 9.53. The van der Waals surface area contributed by atoms with E-state index in [4.69, 9.17) is 16.3 Å². The third kappa shape index (κ3) is 4.42. The Balaban J connectivity index is 1.74. The molecule has 1 aromatic heterocycles. The van der Waals surface area contributed by atoms with Crippen LogP contribution in [0.1, 0.15) is 46.6 Å². The van der Waals surface area contributed by atoms with Gasteiger partial charge in [0, 0.05) is 10.0 Å². The van der Waals surface area contributed by atoms with E-state index < -0.39 is 5.97 Å². The average molecular weight is 484 g/mol. The summed E-state index contributed by atoms with van der Waals surface area (Å²) in [5.74, 6) is -0.595. The van der Waals surface area contributed by atoms with E-state index in [1.165, 1.54) is 0 Å². The molecule has 4 nitrogen and oxygen atoms in total. The molecule has 0 radical (unpaired) electrons. The van der Waals surface area contributed by atoms with Gasteiger partial charge in [-0.3, -0.25) is 0 Å². The second-order valence-corrected chi connectivity index (χ2v) is 8.36. The monoisotopic (exact) mass is 482 g/mol. The molecule has 3 aromatic rings. The van der Waals surface area contributed by atoms with Crippen molar-refractivity contribution in [3.8, 4) is 5.75 Å². The van der Waals surface area contributed by atoms with E-state index in [9.17, 15) is 9.90 Å². The van der Waals surface area contributed by atoms with Gasteiger partial charge in [-0.05, 0) is 66.3 Å². The van der Waals surface area contributed by atoms with Crippen LogP contribution in [-0.4, -0.2) is 11.0 Å². The fraction of sp³-hybridized carbons (Fsp3) is 0.167. The lowest BCUT2D eigenvalue weighted by atomic mass is 9.99. The minimum absolute atomic E-state index is 0.0771. The molecule has 0 atom stereocenters. The number of pyridine rings is 1. The lowest BCUT2D eigenvalue weighted by Gasteiger charge is -2.15. The largest absolute Gasteiger partial charge is 0.543 e. The lowest BCUT2D eigenvalue weighted by Crippen LogP contribution is -2.24. The Labute approximate surface area is 188 Å². The molecule has 0 saturated heterocycles. The summed E-state index contributed by atoms with van der Waals surface area (Å²) in [4.78, 5) is 15.6. The number of hydrogen-bond acceptors (Lipinski definition) is 4. The van der Waals surface area contributed by atoms with Gasteiger partial charge in [-0.1, -0.05) is 57.9 Å². The molecular formula is C24H18BrClNO3-. The maximum Gasteiger partial charge on any atom is 0.127 e. The number of rotatable bonds is 6. The van der Waals surface area contributed by atoms with Crippen molar-refractivity contribution in [3.63, 3.8) is 0 Å². The second kappa shape index (κ2) is 9.02. The van der Waals surface area contributed by atoms with Crippen LogP contribution in [0.4, 0.5) is 0 Å². The maximum absolute atomic E-state index is 11.4. The molecule has 0 saturated carbocycles. The zero-order chi connectivity index (χ0) is 21.1. The highest BCUT2D eigenvalue weighted by Crippen LogP contribution is 2.43. The average Bonchev–Trinajstić information content (AvgIpc) is 3.23. The summed E-state index contributed by atoms with van der Waals surface area (Å²) in [6.07, 6.45) is 2.62. The predicted octanol–water partition coefficient (Wildman–Crippen LogP) is 5.53. The normalized spacial score (nSPS) is 13.5. The quantitative estimate of drug-likeness (QED) is 0.462. The first-order valence-corrected chi connectivity index (χ1v) is 10.8. The van der Waals surface area contributed by atoms with Gasteiger partial charge in [0.2, 0.25) is 0 Å². The minimum atomic E-state index is -1.38. The maximum atomic E-state index is 11.4. The van der Waals surface area contributed by atoms with Gasteiger partial charge in [0.1, 0.15) is 18.1 Å². The number of aromatic carboxylic acids is 1. The van der Waals surface area contributed by atoms with Crippen LogP contribution in [0, 0.1) is 0 Å². The molecule has 6 heteroatoms. The number of aromatic nitrogens is 1. The molecule has 1 aliphatic carbocycles. The number of carboxylic acid groups (broad SMARTS) is 1. The van der Waals surface area contributed by atoms with Crippen LogP contribution in [0.15, 0.2) is 65.1 Å². The summed E-state index contributed by atoms with van der Waals surface area (Å²) in [5, 5.41) is 11.4. The van der Waals surface area contributed by atoms with Gasteiger partial charge in [-0.25, -0.2) is 4.98 Å². The van der Waals surface area contributed by atoms with Gasteiger partial charge < -0.3 is 14.6 Å². The molecule has 0 amide bonds. The van der Waals surface area contributed by atoms with Gasteiger partial charge in [-0.15, -0.1) is 0 Å².